The van der Waals surface area contributed by atoms with Crippen molar-refractivity contribution in [1.82, 2.24) is 0 Å². The third-order valence-electron chi connectivity index (χ3n) is 0. The quantitative estimate of drug-likeness (QED) is 0.387. The molecule has 0 atom stereocenters. The fraction of sp³-hybridized carbons (Fsp3) is 1.00. The van der Waals surface area contributed by atoms with Gasteiger partial charge in [-0.1, -0.05) is 0 Å². The molecule has 0 spiro atoms. The Morgan fingerprint density at radius 2 is 1.50 bits per heavy atom. The molecule has 0 amide bonds. The Morgan fingerprint density at radius 3 is 1.50 bits per heavy atom. The van der Waals surface area contributed by atoms with Crippen molar-refractivity contribution < 1.29 is 27.4 Å². The van der Waals surface area contributed by atoms with Crippen LogP contribution in [-0.4, -0.2) is 11.2 Å². The van der Waals surface area contributed by atoms with E-state index in [1.54, 1.807) is 0 Å². The molecule has 0 rings (SSSR count). The molecule has 0 aromatic carbocycles. The second-order valence-electron chi connectivity index (χ2n) is 0.201. The van der Waals surface area contributed by atoms with Crippen molar-refractivity contribution in [2.75, 3.05) is 7.05 Å². The fourth-order valence-electron chi connectivity index (χ4n) is 0. The molecule has 40 valence electrons. The van der Waals surface area contributed by atoms with Crippen LogP contribution in [0.15, 0.2) is 0 Å². The van der Waals surface area contributed by atoms with E-state index in [-0.39, 0.29) is 0 Å². The van der Waals surface area contributed by atoms with Gasteiger partial charge in [-0.2, -0.15) is 0 Å². The van der Waals surface area contributed by atoms with Gasteiger partial charge in [-0.15, -0.1) is 0 Å². The summed E-state index contributed by atoms with van der Waals surface area (Å²) in [5, 5.41) is 0. The molecule has 0 aromatic heterocycles. The molecule has 0 aliphatic heterocycles. The average molecular weight is 160 g/mol. The highest BCUT2D eigenvalue weighted by atomic mass is 80.0. The highest BCUT2D eigenvalue weighted by molar-refractivity contribution is 3.54. The highest BCUT2D eigenvalue weighted by Gasteiger charge is 1.86. The minimum Gasteiger partial charge on any atom is -0.372 e. The van der Waals surface area contributed by atoms with E-state index in [2.05, 4.69) is 5.73 Å². The van der Waals surface area contributed by atoms with Crippen molar-refractivity contribution in [2.24, 2.45) is 5.73 Å². The second kappa shape index (κ2) is 9.01. The lowest BCUT2D eigenvalue weighted by Gasteiger charge is -1.69. The molecule has 4 nitrogen and oxygen atoms in total. The van der Waals surface area contributed by atoms with Crippen LogP contribution in [0, 0.1) is 14.8 Å². The van der Waals surface area contributed by atoms with Gasteiger partial charge in [0.25, 0.3) is 0 Å². The van der Waals surface area contributed by atoms with E-state index in [1.807, 2.05) is 0 Å². The highest BCUT2D eigenvalue weighted by Crippen LogP contribution is 1.38. The third kappa shape index (κ3) is 465. The maximum absolute atomic E-state index is 8.63. The summed E-state index contributed by atoms with van der Waals surface area (Å²) in [6.45, 7) is 0. The smallest absolute Gasteiger partial charge is 0.372 e. The van der Waals surface area contributed by atoms with Gasteiger partial charge >= 0.3 is 14.8 Å². The van der Waals surface area contributed by atoms with Crippen LogP contribution < -0.4 is 14.1 Å². The molecular formula is CH6BrNO3. The van der Waals surface area contributed by atoms with Crippen molar-refractivity contribution in [3.8, 4) is 0 Å². The summed E-state index contributed by atoms with van der Waals surface area (Å²) in [5.74, 6) is 0. The number of hydrogen-bond acceptors (Lipinski definition) is 4. The van der Waals surface area contributed by atoms with Crippen molar-refractivity contribution in [3.63, 3.8) is 0 Å². The zero-order valence-electron chi connectivity index (χ0n) is 3.22. The van der Waals surface area contributed by atoms with Gasteiger partial charge in [-0.3, -0.25) is 0 Å². The van der Waals surface area contributed by atoms with Gasteiger partial charge in [0, 0.05) is 0 Å². The van der Waals surface area contributed by atoms with Crippen LogP contribution in [0.25, 0.3) is 0 Å². The van der Waals surface area contributed by atoms with Gasteiger partial charge in [0.2, 0.25) is 0 Å². The van der Waals surface area contributed by atoms with Gasteiger partial charge in [0.1, 0.15) is 0 Å². The van der Waals surface area contributed by atoms with Crippen molar-refractivity contribution in [1.29, 1.82) is 0 Å². The molecular weight excluding hydrogens is 154 g/mol. The van der Waals surface area contributed by atoms with Crippen LogP contribution in [0.1, 0.15) is 0 Å². The molecule has 0 aliphatic carbocycles. The monoisotopic (exact) mass is 159 g/mol. The zero-order chi connectivity index (χ0) is 5.58. The van der Waals surface area contributed by atoms with Crippen LogP contribution in [0.2, 0.25) is 0 Å². The number of nitrogens with two attached hydrogens (primary N) is 1. The summed E-state index contributed by atoms with van der Waals surface area (Å²) in [6.07, 6.45) is 0. The molecule has 6 heavy (non-hydrogen) atoms. The lowest BCUT2D eigenvalue weighted by molar-refractivity contribution is -1.63. The van der Waals surface area contributed by atoms with Crippen LogP contribution in [0.3, 0.4) is 0 Å². The summed E-state index contributed by atoms with van der Waals surface area (Å²) in [7, 11) is 1.50. The van der Waals surface area contributed by atoms with E-state index in [4.69, 9.17) is 12.6 Å². The fourth-order valence-corrected chi connectivity index (χ4v) is 0. The Kier molecular flexibility index (Phi) is 14.4. The molecule has 3 N–H and O–H groups in total. The van der Waals surface area contributed by atoms with E-state index in [0.29, 0.717) is 0 Å². The Bertz CT molecular complexity index is 15.5. The summed E-state index contributed by atoms with van der Waals surface area (Å²) in [6, 6.07) is 0. The summed E-state index contributed by atoms with van der Waals surface area (Å²) in [4.78, 5) is 0. The predicted octanol–water partition coefficient (Wildman–Crippen LogP) is -3.36. The Hall–Kier alpha value is 0.320. The molecule has 0 unspecified atom stereocenters. The molecule has 0 bridgehead atoms. The maximum Gasteiger partial charge on any atom is 0.433 e. The second-order valence-corrected chi connectivity index (χ2v) is 1.04. The molecule has 0 radical (unpaired) electrons. The zero-order valence-corrected chi connectivity index (χ0v) is 4.81. The number of hydrogen-bond donors (Lipinski definition) is 2. The molecule has 5 heteroatoms. The number of halogens is 1. The maximum atomic E-state index is 8.63. The van der Waals surface area contributed by atoms with Crippen LogP contribution in [0.4, 0.5) is 0 Å². The van der Waals surface area contributed by atoms with Crippen molar-refractivity contribution in [2.45, 2.75) is 0 Å². The minimum atomic E-state index is -3.40. The Labute approximate surface area is 41.0 Å². The first kappa shape index (κ1) is 9.58. The topological polar surface area (TPSA) is 92.4 Å². The number of rotatable bonds is 0. The van der Waals surface area contributed by atoms with Crippen molar-refractivity contribution in [3.05, 3.63) is 0 Å². The first-order chi connectivity index (χ1) is 2.73. The molecule has 0 aromatic rings. The van der Waals surface area contributed by atoms with Gasteiger partial charge in [-0.05, 0) is 11.2 Å². The minimum absolute atomic E-state index is 1.50. The SMILES string of the molecule is CN.[O-][Br+2]([O-])O. The first-order valence-electron chi connectivity index (χ1n) is 1.05. The lowest BCUT2D eigenvalue weighted by Crippen LogP contribution is -2.30. The van der Waals surface area contributed by atoms with Gasteiger partial charge in [0.15, 0.2) is 0 Å². The summed E-state index contributed by atoms with van der Waals surface area (Å²) >= 11 is -3.40. The summed E-state index contributed by atoms with van der Waals surface area (Å²) in [5.41, 5.74) is 4.50. The van der Waals surface area contributed by atoms with E-state index in [1.165, 1.54) is 7.05 Å². The van der Waals surface area contributed by atoms with Gasteiger partial charge in [-0.25, -0.2) is 0 Å². The van der Waals surface area contributed by atoms with Gasteiger partial charge < -0.3 is 14.1 Å². The molecule has 0 saturated carbocycles. The van der Waals surface area contributed by atoms with Crippen LogP contribution >= 0.6 is 0 Å². The standard InChI is InChI=1S/CH5N.BrHO3/c1-2;2-1(3)4/h2H2,1H3;2H. The average Bonchev–Trinajstić information content (AvgIpc) is 1.41. The van der Waals surface area contributed by atoms with E-state index < -0.39 is 14.8 Å². The predicted molar refractivity (Wildman–Crippen MR) is 12.3 cm³/mol. The van der Waals surface area contributed by atoms with Crippen LogP contribution in [-0.2, 0) is 0 Å². The molecule has 0 aliphatic rings. The lowest BCUT2D eigenvalue weighted by atomic mass is 11.6. The Morgan fingerprint density at radius 1 is 1.50 bits per heavy atom. The van der Waals surface area contributed by atoms with E-state index in [0.717, 1.165) is 0 Å². The molecule has 0 fully saturated rings. The molecule has 0 saturated heterocycles. The first-order valence-corrected chi connectivity index (χ1v) is 3.06. The Balaban J connectivity index is 0. The largest absolute Gasteiger partial charge is 0.433 e. The van der Waals surface area contributed by atoms with Gasteiger partial charge in [0.05, 0.1) is 0 Å². The van der Waals surface area contributed by atoms with E-state index >= 15 is 0 Å². The summed E-state index contributed by atoms with van der Waals surface area (Å²) < 4.78 is 24.3. The van der Waals surface area contributed by atoms with Crippen LogP contribution in [0.5, 0.6) is 0 Å². The van der Waals surface area contributed by atoms with E-state index in [9.17, 15) is 0 Å². The van der Waals surface area contributed by atoms with Crippen molar-refractivity contribution >= 4 is 0 Å². The normalized spacial score (nSPS) is 7.00. The third-order valence-corrected chi connectivity index (χ3v) is 0. The molecule has 0 heterocycles.